The fourth-order valence-electron chi connectivity index (χ4n) is 2.01. The zero-order valence-electron chi connectivity index (χ0n) is 9.17. The maximum Gasteiger partial charge on any atom is 0.401 e. The van der Waals surface area contributed by atoms with Gasteiger partial charge in [-0.3, -0.25) is 0 Å². The second-order valence-electron chi connectivity index (χ2n) is 4.38. The van der Waals surface area contributed by atoms with Gasteiger partial charge in [0.15, 0.2) is 5.92 Å². The molecule has 0 aromatic heterocycles. The first kappa shape index (κ1) is 14.6. The van der Waals surface area contributed by atoms with E-state index in [4.69, 9.17) is 0 Å². The molecule has 0 bridgehead atoms. The van der Waals surface area contributed by atoms with Gasteiger partial charge >= 0.3 is 12.4 Å². The lowest BCUT2D eigenvalue weighted by Gasteiger charge is -2.28. The minimum absolute atomic E-state index is 0.212. The van der Waals surface area contributed by atoms with Crippen molar-refractivity contribution in [2.45, 2.75) is 50.5 Å². The van der Waals surface area contributed by atoms with Crippen LogP contribution in [0.3, 0.4) is 0 Å². The number of hydrogen-bond acceptors (Lipinski definition) is 1. The maximum absolute atomic E-state index is 12.2. The lowest BCUT2D eigenvalue weighted by atomic mass is 9.95. The van der Waals surface area contributed by atoms with Gasteiger partial charge in [-0.25, -0.2) is 0 Å². The van der Waals surface area contributed by atoms with Gasteiger partial charge in [0, 0.05) is 12.6 Å². The van der Waals surface area contributed by atoms with Crippen LogP contribution in [0.25, 0.3) is 0 Å². The predicted octanol–water partition coefficient (Wildman–Crippen LogP) is 3.65. The van der Waals surface area contributed by atoms with Crippen LogP contribution in [0, 0.1) is 5.92 Å². The molecule has 102 valence electrons. The summed E-state index contributed by atoms with van der Waals surface area (Å²) in [6.45, 7) is -1.07. The van der Waals surface area contributed by atoms with Gasteiger partial charge in [0.1, 0.15) is 0 Å². The Morgan fingerprint density at radius 2 is 1.35 bits per heavy atom. The van der Waals surface area contributed by atoms with Gasteiger partial charge < -0.3 is 5.32 Å². The molecule has 0 aromatic carbocycles. The Bertz CT molecular complexity index is 214. The van der Waals surface area contributed by atoms with Crippen LogP contribution in [-0.4, -0.2) is 24.9 Å². The second kappa shape index (κ2) is 5.46. The van der Waals surface area contributed by atoms with E-state index in [-0.39, 0.29) is 6.04 Å². The van der Waals surface area contributed by atoms with Gasteiger partial charge in [-0.2, -0.15) is 26.3 Å². The summed E-state index contributed by atoms with van der Waals surface area (Å²) >= 11 is 0. The molecule has 0 amide bonds. The summed E-state index contributed by atoms with van der Waals surface area (Å²) in [6.07, 6.45) is -6.44. The lowest BCUT2D eigenvalue weighted by Crippen LogP contribution is -2.46. The van der Waals surface area contributed by atoms with Crippen molar-refractivity contribution in [1.29, 1.82) is 0 Å². The van der Waals surface area contributed by atoms with Gasteiger partial charge in [-0.15, -0.1) is 0 Å². The van der Waals surface area contributed by atoms with Crippen molar-refractivity contribution in [3.8, 4) is 0 Å². The average molecular weight is 263 g/mol. The number of alkyl halides is 6. The molecule has 1 saturated carbocycles. The standard InChI is InChI=1S/C10H15F6N/c11-9(12,13)8(10(14,15)16)6-17-7-4-2-1-3-5-7/h7-8,17H,1-6H2. The van der Waals surface area contributed by atoms with Gasteiger partial charge in [0.2, 0.25) is 0 Å². The van der Waals surface area contributed by atoms with Gasteiger partial charge in [0.25, 0.3) is 0 Å². The van der Waals surface area contributed by atoms with E-state index in [9.17, 15) is 26.3 Å². The molecule has 0 unspecified atom stereocenters. The monoisotopic (exact) mass is 263 g/mol. The first-order valence-electron chi connectivity index (χ1n) is 5.58. The molecule has 1 aliphatic rings. The van der Waals surface area contributed by atoms with Crippen LogP contribution in [0.15, 0.2) is 0 Å². The summed E-state index contributed by atoms with van der Waals surface area (Å²) in [5, 5.41) is 2.39. The second-order valence-corrected chi connectivity index (χ2v) is 4.38. The van der Waals surface area contributed by atoms with E-state index in [0.717, 1.165) is 19.3 Å². The predicted molar refractivity (Wildman–Crippen MR) is 50.5 cm³/mol. The highest BCUT2D eigenvalue weighted by molar-refractivity contribution is 4.80. The van der Waals surface area contributed by atoms with E-state index in [1.165, 1.54) is 0 Å². The van der Waals surface area contributed by atoms with E-state index >= 15 is 0 Å². The Morgan fingerprint density at radius 3 is 1.76 bits per heavy atom. The molecule has 0 aliphatic heterocycles. The SMILES string of the molecule is FC(F)(F)C(CNC1CCCCC1)C(F)(F)F. The fourth-order valence-corrected chi connectivity index (χ4v) is 2.01. The third-order valence-electron chi connectivity index (χ3n) is 3.01. The first-order chi connectivity index (χ1) is 7.71. The summed E-state index contributed by atoms with van der Waals surface area (Å²) in [7, 11) is 0. The minimum atomic E-state index is -5.24. The summed E-state index contributed by atoms with van der Waals surface area (Å²) in [4.78, 5) is 0. The van der Waals surface area contributed by atoms with Crippen LogP contribution in [0.1, 0.15) is 32.1 Å². The van der Waals surface area contributed by atoms with Gasteiger partial charge in [-0.05, 0) is 12.8 Å². The number of hydrogen-bond donors (Lipinski definition) is 1. The Balaban J connectivity index is 2.49. The smallest absolute Gasteiger partial charge is 0.313 e. The zero-order chi connectivity index (χ0) is 13.1. The molecule has 0 saturated heterocycles. The van der Waals surface area contributed by atoms with Gasteiger partial charge in [-0.1, -0.05) is 19.3 Å². The Labute approximate surface area is 95.6 Å². The summed E-state index contributed by atoms with van der Waals surface area (Å²) < 4.78 is 73.3. The summed E-state index contributed by atoms with van der Waals surface area (Å²) in [5.41, 5.74) is 0. The van der Waals surface area contributed by atoms with Crippen molar-refractivity contribution in [3.05, 3.63) is 0 Å². The molecule has 1 aliphatic carbocycles. The average Bonchev–Trinajstić information content (AvgIpc) is 2.15. The van der Waals surface area contributed by atoms with E-state index < -0.39 is 24.8 Å². The topological polar surface area (TPSA) is 12.0 Å². The molecule has 1 N–H and O–H groups in total. The van der Waals surface area contributed by atoms with Crippen molar-refractivity contribution in [2.75, 3.05) is 6.54 Å². The molecular weight excluding hydrogens is 248 g/mol. The molecular formula is C10H15F6N. The van der Waals surface area contributed by atoms with Crippen LogP contribution >= 0.6 is 0 Å². The molecule has 1 rings (SSSR count). The van der Waals surface area contributed by atoms with Crippen LogP contribution < -0.4 is 5.32 Å². The number of rotatable bonds is 3. The van der Waals surface area contributed by atoms with Crippen molar-refractivity contribution >= 4 is 0 Å². The molecule has 0 spiro atoms. The highest BCUT2D eigenvalue weighted by atomic mass is 19.4. The largest absolute Gasteiger partial charge is 0.401 e. The Hall–Kier alpha value is -0.460. The van der Waals surface area contributed by atoms with Crippen LogP contribution in [0.2, 0.25) is 0 Å². The number of nitrogens with one attached hydrogen (secondary N) is 1. The summed E-state index contributed by atoms with van der Waals surface area (Å²) in [6, 6.07) is -0.212. The Kier molecular flexibility index (Phi) is 4.69. The van der Waals surface area contributed by atoms with Crippen LogP contribution in [0.5, 0.6) is 0 Å². The van der Waals surface area contributed by atoms with Crippen molar-refractivity contribution < 1.29 is 26.3 Å². The van der Waals surface area contributed by atoms with E-state index in [2.05, 4.69) is 5.32 Å². The molecule has 1 nitrogen and oxygen atoms in total. The lowest BCUT2D eigenvalue weighted by molar-refractivity contribution is -0.282. The van der Waals surface area contributed by atoms with Crippen LogP contribution in [-0.2, 0) is 0 Å². The minimum Gasteiger partial charge on any atom is -0.313 e. The van der Waals surface area contributed by atoms with E-state index in [0.29, 0.717) is 12.8 Å². The molecule has 7 heteroatoms. The van der Waals surface area contributed by atoms with Crippen molar-refractivity contribution in [1.82, 2.24) is 5.32 Å². The third kappa shape index (κ3) is 4.73. The quantitative estimate of drug-likeness (QED) is 0.766. The molecule has 0 heterocycles. The fraction of sp³-hybridized carbons (Fsp3) is 1.00. The highest BCUT2D eigenvalue weighted by Crippen LogP contribution is 2.38. The van der Waals surface area contributed by atoms with Crippen molar-refractivity contribution in [3.63, 3.8) is 0 Å². The highest BCUT2D eigenvalue weighted by Gasteiger charge is 2.56. The normalized spacial score (nSPS) is 19.9. The van der Waals surface area contributed by atoms with E-state index in [1.807, 2.05) is 0 Å². The van der Waals surface area contributed by atoms with Crippen molar-refractivity contribution in [2.24, 2.45) is 5.92 Å². The van der Waals surface area contributed by atoms with E-state index in [1.54, 1.807) is 0 Å². The summed E-state index contributed by atoms with van der Waals surface area (Å²) in [5.74, 6) is -3.27. The molecule has 1 fully saturated rings. The van der Waals surface area contributed by atoms with Gasteiger partial charge in [0.05, 0.1) is 0 Å². The molecule has 0 atom stereocenters. The number of halogens is 6. The maximum atomic E-state index is 12.2. The first-order valence-corrected chi connectivity index (χ1v) is 5.58. The Morgan fingerprint density at radius 1 is 0.882 bits per heavy atom. The zero-order valence-corrected chi connectivity index (χ0v) is 9.17. The third-order valence-corrected chi connectivity index (χ3v) is 3.01. The molecule has 17 heavy (non-hydrogen) atoms. The molecule has 0 aromatic rings. The van der Waals surface area contributed by atoms with Crippen LogP contribution in [0.4, 0.5) is 26.3 Å². The molecule has 0 radical (unpaired) electrons.